The summed E-state index contributed by atoms with van der Waals surface area (Å²) in [6, 6.07) is 10.5. The average Bonchev–Trinajstić information content (AvgIpc) is 3.21. The van der Waals surface area contributed by atoms with Gasteiger partial charge < -0.3 is 19.9 Å². The van der Waals surface area contributed by atoms with Gasteiger partial charge in [-0.3, -0.25) is 14.4 Å². The van der Waals surface area contributed by atoms with Crippen molar-refractivity contribution in [2.24, 2.45) is 5.92 Å². The molecule has 2 aromatic carbocycles. The molecule has 2 aromatic rings. The van der Waals surface area contributed by atoms with Gasteiger partial charge in [-0.25, -0.2) is 0 Å². The highest BCUT2D eigenvalue weighted by Crippen LogP contribution is 2.34. The molecule has 33 heavy (non-hydrogen) atoms. The monoisotopic (exact) mass is 469 g/mol. The van der Waals surface area contributed by atoms with Crippen molar-refractivity contribution in [3.63, 3.8) is 0 Å². The van der Waals surface area contributed by atoms with E-state index in [9.17, 15) is 14.4 Å². The van der Waals surface area contributed by atoms with Crippen molar-refractivity contribution in [3.05, 3.63) is 52.5 Å². The second kappa shape index (κ2) is 9.83. The zero-order chi connectivity index (χ0) is 23.5. The van der Waals surface area contributed by atoms with Gasteiger partial charge in [0.15, 0.2) is 0 Å². The first-order chi connectivity index (χ1) is 15.9. The van der Waals surface area contributed by atoms with Crippen LogP contribution in [0.1, 0.15) is 41.6 Å². The van der Waals surface area contributed by atoms with Gasteiger partial charge in [-0.05, 0) is 62.1 Å². The molecule has 2 saturated heterocycles. The number of carbonyl (C=O) groups excluding carboxylic acids is 3. The lowest BCUT2D eigenvalue weighted by molar-refractivity contribution is -0.122. The number of rotatable bonds is 5. The Hall–Kier alpha value is -3.06. The highest BCUT2D eigenvalue weighted by molar-refractivity contribution is 6.31. The van der Waals surface area contributed by atoms with Crippen LogP contribution < -0.4 is 15.0 Å². The van der Waals surface area contributed by atoms with E-state index in [0.29, 0.717) is 40.8 Å². The number of methoxy groups -OCH3 is 1. The minimum Gasteiger partial charge on any atom is -0.495 e. The summed E-state index contributed by atoms with van der Waals surface area (Å²) < 4.78 is 5.41. The molecular weight excluding hydrogens is 442 g/mol. The van der Waals surface area contributed by atoms with Gasteiger partial charge in [0, 0.05) is 31.1 Å². The van der Waals surface area contributed by atoms with Crippen molar-refractivity contribution in [1.29, 1.82) is 0 Å². The summed E-state index contributed by atoms with van der Waals surface area (Å²) in [5.74, 6) is -0.545. The summed E-state index contributed by atoms with van der Waals surface area (Å²) in [4.78, 5) is 42.4. The smallest absolute Gasteiger partial charge is 0.255 e. The van der Waals surface area contributed by atoms with E-state index in [2.05, 4.69) is 5.32 Å². The number of nitrogens with one attached hydrogen (secondary N) is 1. The molecule has 2 aliphatic heterocycles. The Bertz CT molecular complexity index is 1080. The Morgan fingerprint density at radius 2 is 1.85 bits per heavy atom. The van der Waals surface area contributed by atoms with E-state index in [1.54, 1.807) is 30.2 Å². The van der Waals surface area contributed by atoms with Crippen LogP contribution in [0.15, 0.2) is 36.4 Å². The number of amides is 3. The van der Waals surface area contributed by atoms with Gasteiger partial charge in [-0.2, -0.15) is 0 Å². The fourth-order valence-electron chi connectivity index (χ4n) is 4.44. The first kappa shape index (κ1) is 23.1. The normalized spacial score (nSPS) is 18.4. The molecule has 2 heterocycles. The molecule has 0 bridgehead atoms. The molecule has 174 valence electrons. The van der Waals surface area contributed by atoms with Crippen LogP contribution in [-0.2, 0) is 9.59 Å². The van der Waals surface area contributed by atoms with E-state index in [4.69, 9.17) is 16.3 Å². The van der Waals surface area contributed by atoms with E-state index in [1.807, 2.05) is 30.0 Å². The predicted molar refractivity (Wildman–Crippen MR) is 128 cm³/mol. The maximum absolute atomic E-state index is 13.1. The van der Waals surface area contributed by atoms with Crippen molar-refractivity contribution in [2.45, 2.75) is 32.6 Å². The van der Waals surface area contributed by atoms with Crippen LogP contribution in [0, 0.1) is 12.8 Å². The number of ether oxygens (including phenoxy) is 1. The summed E-state index contributed by atoms with van der Waals surface area (Å²) in [5.41, 5.74) is 2.44. The zero-order valence-corrected chi connectivity index (χ0v) is 19.7. The Labute approximate surface area is 198 Å². The van der Waals surface area contributed by atoms with Gasteiger partial charge in [-0.15, -0.1) is 0 Å². The standard InChI is InChI=1S/C25H28ClN3O4/c1-16-6-9-22(33-2)21(12-16)29-15-17(13-23(29)30)24(31)27-20-14-18(26)7-8-19(20)25(32)28-10-4-3-5-11-28/h6-9,12,14,17H,3-5,10-11,13,15H2,1-2H3,(H,27,31). The summed E-state index contributed by atoms with van der Waals surface area (Å²) in [5, 5.41) is 3.29. The number of halogens is 1. The fourth-order valence-corrected chi connectivity index (χ4v) is 4.61. The Morgan fingerprint density at radius 3 is 2.58 bits per heavy atom. The minimum absolute atomic E-state index is 0.0822. The fraction of sp³-hybridized carbons (Fsp3) is 0.400. The molecule has 2 aliphatic rings. The number of carbonyl (C=O) groups is 3. The third-order valence-corrected chi connectivity index (χ3v) is 6.47. The third kappa shape index (κ3) is 4.98. The number of benzene rings is 2. The Balaban J connectivity index is 1.52. The Kier molecular flexibility index (Phi) is 6.88. The predicted octanol–water partition coefficient (Wildman–Crippen LogP) is 4.27. The molecule has 1 atom stereocenters. The van der Waals surface area contributed by atoms with Crippen LogP contribution in [0.4, 0.5) is 11.4 Å². The van der Waals surface area contributed by atoms with Crippen molar-refractivity contribution < 1.29 is 19.1 Å². The van der Waals surface area contributed by atoms with Crippen molar-refractivity contribution in [1.82, 2.24) is 4.90 Å². The largest absolute Gasteiger partial charge is 0.495 e. The quantitative estimate of drug-likeness (QED) is 0.709. The maximum Gasteiger partial charge on any atom is 0.255 e. The van der Waals surface area contributed by atoms with Crippen molar-refractivity contribution in [2.75, 3.05) is 37.0 Å². The number of nitrogens with zero attached hydrogens (tertiary/aromatic N) is 2. The lowest BCUT2D eigenvalue weighted by atomic mass is 10.1. The van der Waals surface area contributed by atoms with E-state index >= 15 is 0 Å². The second-order valence-electron chi connectivity index (χ2n) is 8.61. The first-order valence-corrected chi connectivity index (χ1v) is 11.6. The van der Waals surface area contributed by atoms with Crippen LogP contribution >= 0.6 is 11.6 Å². The number of hydrogen-bond donors (Lipinski definition) is 1. The minimum atomic E-state index is -0.556. The molecule has 0 radical (unpaired) electrons. The molecule has 0 aromatic heterocycles. The first-order valence-electron chi connectivity index (χ1n) is 11.2. The van der Waals surface area contributed by atoms with Crippen LogP contribution in [0.25, 0.3) is 0 Å². The number of hydrogen-bond acceptors (Lipinski definition) is 4. The topological polar surface area (TPSA) is 79.0 Å². The van der Waals surface area contributed by atoms with E-state index < -0.39 is 5.92 Å². The highest BCUT2D eigenvalue weighted by atomic mass is 35.5. The van der Waals surface area contributed by atoms with Gasteiger partial charge >= 0.3 is 0 Å². The number of piperidine rings is 1. The Morgan fingerprint density at radius 1 is 1.09 bits per heavy atom. The van der Waals surface area contributed by atoms with Crippen LogP contribution in [0.5, 0.6) is 5.75 Å². The summed E-state index contributed by atoms with van der Waals surface area (Å²) >= 11 is 6.17. The maximum atomic E-state index is 13.1. The molecule has 0 aliphatic carbocycles. The molecule has 4 rings (SSSR count). The lowest BCUT2D eigenvalue weighted by Crippen LogP contribution is -2.36. The molecule has 2 fully saturated rings. The van der Waals surface area contributed by atoms with Gasteiger partial charge in [0.1, 0.15) is 5.75 Å². The summed E-state index contributed by atoms with van der Waals surface area (Å²) in [7, 11) is 1.55. The van der Waals surface area contributed by atoms with Gasteiger partial charge in [0.25, 0.3) is 5.91 Å². The van der Waals surface area contributed by atoms with E-state index in [-0.39, 0.29) is 30.7 Å². The molecule has 0 spiro atoms. The van der Waals surface area contributed by atoms with Gasteiger partial charge in [-0.1, -0.05) is 17.7 Å². The van der Waals surface area contributed by atoms with Crippen LogP contribution in [0.2, 0.25) is 5.02 Å². The van der Waals surface area contributed by atoms with Crippen molar-refractivity contribution >= 4 is 40.7 Å². The van der Waals surface area contributed by atoms with Crippen LogP contribution in [-0.4, -0.2) is 49.4 Å². The van der Waals surface area contributed by atoms with E-state index in [1.165, 1.54) is 0 Å². The lowest BCUT2D eigenvalue weighted by Gasteiger charge is -2.27. The molecule has 0 saturated carbocycles. The summed E-state index contributed by atoms with van der Waals surface area (Å²) in [6.07, 6.45) is 3.15. The number of likely N-dealkylation sites (tertiary alicyclic amines) is 1. The van der Waals surface area contributed by atoms with Crippen molar-refractivity contribution in [3.8, 4) is 5.75 Å². The molecule has 1 N–H and O–H groups in total. The zero-order valence-electron chi connectivity index (χ0n) is 18.9. The highest BCUT2D eigenvalue weighted by Gasteiger charge is 2.37. The molecule has 7 nitrogen and oxygen atoms in total. The SMILES string of the molecule is COc1ccc(C)cc1N1CC(C(=O)Nc2cc(Cl)ccc2C(=O)N2CCCCC2)CC1=O. The molecule has 3 amide bonds. The second-order valence-corrected chi connectivity index (χ2v) is 9.05. The molecule has 8 heteroatoms. The van der Waals surface area contributed by atoms with Gasteiger partial charge in [0.05, 0.1) is 30.0 Å². The summed E-state index contributed by atoms with van der Waals surface area (Å²) in [6.45, 7) is 3.59. The third-order valence-electron chi connectivity index (χ3n) is 6.23. The average molecular weight is 470 g/mol. The van der Waals surface area contributed by atoms with E-state index in [0.717, 1.165) is 24.8 Å². The number of anilines is 2. The number of aryl methyl sites for hydroxylation is 1. The molecular formula is C25H28ClN3O4. The molecule has 1 unspecified atom stereocenters. The van der Waals surface area contributed by atoms with Crippen LogP contribution in [0.3, 0.4) is 0 Å². The van der Waals surface area contributed by atoms with Gasteiger partial charge in [0.2, 0.25) is 11.8 Å².